The fraction of sp³-hybridized carbons (Fsp3) is 0.360. The van der Waals surface area contributed by atoms with Crippen LogP contribution in [0, 0.1) is 19.8 Å². The number of rotatable bonds is 7. The van der Waals surface area contributed by atoms with Crippen molar-refractivity contribution in [1.82, 2.24) is 14.7 Å². The number of amides is 1. The number of carbonyl (C=O) groups is 2. The number of carboxylic acid groups (broad SMARTS) is 1. The molecular formula is C25H27F3N4O5S2. The monoisotopic (exact) mass is 584 g/mol. The standard InChI is InChI=1S/C23H26N4O3S2.C2HF3O2/c1-15-9-10-19(12-20(15)32(29,30)25-14-17-6-5-11-24-13-17)21-16(2)26-23(31-21)27-22(28)18-7-3-4-8-18;3-2(4,5)1(6)7/h5-6,9-13,18,25H,3-4,7-8,14H2,1-2H3,(H,26,27,28);(H,6,7). The highest BCUT2D eigenvalue weighted by molar-refractivity contribution is 7.89. The van der Waals surface area contributed by atoms with E-state index in [0.717, 1.165) is 47.4 Å². The SMILES string of the molecule is Cc1ccc(-c2sc(NC(=O)C3CCCC3)nc2C)cc1S(=O)(=O)NCc1cccnc1.O=C(O)C(F)(F)F. The molecule has 0 spiro atoms. The predicted molar refractivity (Wildman–Crippen MR) is 140 cm³/mol. The zero-order chi connectivity index (χ0) is 28.8. The van der Waals surface area contributed by atoms with E-state index >= 15 is 0 Å². The van der Waals surface area contributed by atoms with E-state index in [1.165, 1.54) is 11.3 Å². The van der Waals surface area contributed by atoms with Crippen molar-refractivity contribution in [2.75, 3.05) is 5.32 Å². The number of hydrogen-bond acceptors (Lipinski definition) is 7. The number of halogens is 3. The number of anilines is 1. The number of aromatic nitrogens is 2. The highest BCUT2D eigenvalue weighted by Gasteiger charge is 2.38. The number of nitrogens with zero attached hydrogens (tertiary/aromatic N) is 2. The highest BCUT2D eigenvalue weighted by Crippen LogP contribution is 2.35. The Morgan fingerprint density at radius 2 is 1.82 bits per heavy atom. The molecule has 1 fully saturated rings. The Hall–Kier alpha value is -3.36. The topological polar surface area (TPSA) is 138 Å². The number of aryl methyl sites for hydroxylation is 2. The second-order valence-electron chi connectivity index (χ2n) is 8.87. The van der Waals surface area contributed by atoms with Crippen LogP contribution in [0.3, 0.4) is 0 Å². The van der Waals surface area contributed by atoms with Crippen molar-refractivity contribution in [3.63, 3.8) is 0 Å². The van der Waals surface area contributed by atoms with Crippen molar-refractivity contribution in [3.05, 3.63) is 59.5 Å². The number of carbonyl (C=O) groups excluding carboxylic acids is 1. The molecule has 1 aromatic carbocycles. The molecule has 9 nitrogen and oxygen atoms in total. The minimum atomic E-state index is -5.08. The molecule has 1 amide bonds. The van der Waals surface area contributed by atoms with Crippen LogP contribution < -0.4 is 10.0 Å². The van der Waals surface area contributed by atoms with Crippen molar-refractivity contribution >= 4 is 38.4 Å². The fourth-order valence-electron chi connectivity index (χ4n) is 3.90. The minimum Gasteiger partial charge on any atom is -0.475 e. The Balaban J connectivity index is 0.000000532. The summed E-state index contributed by atoms with van der Waals surface area (Å²) in [6.45, 7) is 3.80. The predicted octanol–water partition coefficient (Wildman–Crippen LogP) is 5.06. The quantitative estimate of drug-likeness (QED) is 0.353. The first-order valence-corrected chi connectivity index (χ1v) is 14.2. The molecule has 0 unspecified atom stereocenters. The Kier molecular flexibility index (Phi) is 9.80. The zero-order valence-electron chi connectivity index (χ0n) is 21.1. The van der Waals surface area contributed by atoms with Crippen LogP contribution in [-0.4, -0.2) is 41.5 Å². The van der Waals surface area contributed by atoms with Gasteiger partial charge in [-0.05, 0) is 55.5 Å². The summed E-state index contributed by atoms with van der Waals surface area (Å²) in [4.78, 5) is 30.9. The first-order chi connectivity index (χ1) is 18.3. The largest absolute Gasteiger partial charge is 0.490 e. The molecule has 1 saturated carbocycles. The third kappa shape index (κ3) is 8.31. The average molecular weight is 585 g/mol. The number of carboxylic acids is 1. The van der Waals surface area contributed by atoms with Crippen LogP contribution in [0.4, 0.5) is 18.3 Å². The van der Waals surface area contributed by atoms with E-state index in [1.54, 1.807) is 37.5 Å². The van der Waals surface area contributed by atoms with Gasteiger partial charge in [-0.25, -0.2) is 22.9 Å². The number of pyridine rings is 1. The number of thiazole rings is 1. The normalized spacial score (nSPS) is 14.0. The molecule has 0 saturated heterocycles. The maximum atomic E-state index is 13.0. The van der Waals surface area contributed by atoms with Crippen LogP contribution in [0.2, 0.25) is 0 Å². The first kappa shape index (κ1) is 30.2. The molecule has 0 radical (unpaired) electrons. The summed E-state index contributed by atoms with van der Waals surface area (Å²) >= 11 is 1.37. The van der Waals surface area contributed by atoms with Crippen LogP contribution in [0.5, 0.6) is 0 Å². The molecule has 0 atom stereocenters. The van der Waals surface area contributed by atoms with Crippen molar-refractivity contribution < 1.29 is 36.3 Å². The van der Waals surface area contributed by atoms with Crippen molar-refractivity contribution in [3.8, 4) is 10.4 Å². The summed E-state index contributed by atoms with van der Waals surface area (Å²) in [6, 6.07) is 8.94. The van der Waals surface area contributed by atoms with Gasteiger partial charge >= 0.3 is 12.1 Å². The molecule has 0 aliphatic heterocycles. The number of alkyl halides is 3. The molecule has 3 aromatic rings. The Morgan fingerprint density at radius 1 is 1.15 bits per heavy atom. The van der Waals surface area contributed by atoms with Crippen molar-refractivity contribution in [2.45, 2.75) is 57.1 Å². The van der Waals surface area contributed by atoms with Crippen LogP contribution in [0.25, 0.3) is 10.4 Å². The molecule has 1 aliphatic rings. The van der Waals surface area contributed by atoms with E-state index < -0.39 is 22.2 Å². The lowest BCUT2D eigenvalue weighted by molar-refractivity contribution is -0.192. The molecule has 4 rings (SSSR count). The number of sulfonamides is 1. The van der Waals surface area contributed by atoms with Gasteiger partial charge in [-0.1, -0.05) is 42.4 Å². The van der Waals surface area contributed by atoms with E-state index in [-0.39, 0.29) is 23.3 Å². The second-order valence-corrected chi connectivity index (χ2v) is 11.6. The zero-order valence-corrected chi connectivity index (χ0v) is 22.7. The average Bonchev–Trinajstić information content (AvgIpc) is 3.54. The molecular weight excluding hydrogens is 557 g/mol. The van der Waals surface area contributed by atoms with Gasteiger partial charge in [0.2, 0.25) is 15.9 Å². The molecule has 3 N–H and O–H groups in total. The number of aliphatic carboxylic acids is 1. The van der Waals surface area contributed by atoms with E-state index in [2.05, 4.69) is 20.0 Å². The summed E-state index contributed by atoms with van der Waals surface area (Å²) in [6.07, 6.45) is 2.23. The number of hydrogen-bond donors (Lipinski definition) is 3. The molecule has 0 bridgehead atoms. The molecule has 1 aliphatic carbocycles. The van der Waals surface area contributed by atoms with Gasteiger partial charge in [-0.3, -0.25) is 9.78 Å². The van der Waals surface area contributed by atoms with Gasteiger partial charge in [0.1, 0.15) is 0 Å². The second kappa shape index (κ2) is 12.7. The van der Waals surface area contributed by atoms with Gasteiger partial charge in [0.25, 0.3) is 0 Å². The van der Waals surface area contributed by atoms with E-state index in [9.17, 15) is 26.4 Å². The summed E-state index contributed by atoms with van der Waals surface area (Å²) in [5, 5.41) is 10.6. The summed E-state index contributed by atoms with van der Waals surface area (Å²) in [7, 11) is -3.72. The van der Waals surface area contributed by atoms with Crippen LogP contribution in [-0.2, 0) is 26.2 Å². The fourth-order valence-corrected chi connectivity index (χ4v) is 6.15. The molecule has 39 heavy (non-hydrogen) atoms. The summed E-state index contributed by atoms with van der Waals surface area (Å²) in [5.41, 5.74) is 2.95. The minimum absolute atomic E-state index is 0.0228. The maximum Gasteiger partial charge on any atom is 0.490 e. The summed E-state index contributed by atoms with van der Waals surface area (Å²) < 4.78 is 60.4. The van der Waals surface area contributed by atoms with Crippen molar-refractivity contribution in [1.29, 1.82) is 0 Å². The van der Waals surface area contributed by atoms with Crippen LogP contribution in [0.1, 0.15) is 42.5 Å². The lowest BCUT2D eigenvalue weighted by Crippen LogP contribution is -2.24. The van der Waals surface area contributed by atoms with E-state index in [1.807, 2.05) is 19.1 Å². The molecule has 2 aromatic heterocycles. The van der Waals surface area contributed by atoms with Gasteiger partial charge in [0.05, 0.1) is 15.5 Å². The first-order valence-electron chi connectivity index (χ1n) is 11.9. The van der Waals surface area contributed by atoms with Crippen molar-refractivity contribution in [2.24, 2.45) is 5.92 Å². The smallest absolute Gasteiger partial charge is 0.475 e. The molecule has 2 heterocycles. The van der Waals surface area contributed by atoms with E-state index in [4.69, 9.17) is 9.90 Å². The maximum absolute atomic E-state index is 13.0. The van der Waals surface area contributed by atoms with Crippen LogP contribution in [0.15, 0.2) is 47.6 Å². The lowest BCUT2D eigenvalue weighted by Gasteiger charge is -2.11. The Morgan fingerprint density at radius 3 is 2.41 bits per heavy atom. The molecule has 210 valence electrons. The Labute approximate surface area is 227 Å². The number of benzene rings is 1. The number of nitrogens with one attached hydrogen (secondary N) is 2. The van der Waals surface area contributed by atoms with Gasteiger partial charge in [0.15, 0.2) is 5.13 Å². The van der Waals surface area contributed by atoms with Gasteiger partial charge in [0, 0.05) is 24.9 Å². The molecule has 14 heteroatoms. The van der Waals surface area contributed by atoms with Gasteiger partial charge in [-0.15, -0.1) is 0 Å². The van der Waals surface area contributed by atoms with Gasteiger partial charge in [-0.2, -0.15) is 13.2 Å². The third-order valence-corrected chi connectivity index (χ3v) is 8.59. The lowest BCUT2D eigenvalue weighted by atomic mass is 10.1. The van der Waals surface area contributed by atoms with Gasteiger partial charge < -0.3 is 10.4 Å². The summed E-state index contributed by atoms with van der Waals surface area (Å²) in [5.74, 6) is -2.67. The highest BCUT2D eigenvalue weighted by atomic mass is 32.2. The third-order valence-electron chi connectivity index (χ3n) is 5.92. The Bertz CT molecular complexity index is 1420. The van der Waals surface area contributed by atoms with E-state index in [0.29, 0.717) is 10.7 Å². The van der Waals surface area contributed by atoms with Crippen LogP contribution >= 0.6 is 11.3 Å².